The second-order valence-electron chi connectivity index (χ2n) is 4.57. The molecule has 0 radical (unpaired) electrons. The van der Waals surface area contributed by atoms with Gasteiger partial charge in [-0.1, -0.05) is 24.3 Å². The van der Waals surface area contributed by atoms with Gasteiger partial charge in [0.05, 0.1) is 0 Å². The Bertz CT molecular complexity index is 786. The number of hydrogen-bond donors (Lipinski definition) is 0. The standard InChI is InChI=1S/C17H13NO/c1-12-16-5-3-2-4-14(16)11-15(17(12)19)10-13-6-8-18-9-7-13/h2-11H,1H3. The van der Waals surface area contributed by atoms with Crippen molar-refractivity contribution in [1.29, 1.82) is 0 Å². The van der Waals surface area contributed by atoms with E-state index in [2.05, 4.69) is 4.98 Å². The van der Waals surface area contributed by atoms with Gasteiger partial charge in [0.2, 0.25) is 0 Å². The molecule has 3 rings (SSSR count). The van der Waals surface area contributed by atoms with Gasteiger partial charge < -0.3 is 0 Å². The fourth-order valence-electron chi connectivity index (χ4n) is 2.28. The molecule has 1 aromatic heterocycles. The fraction of sp³-hybridized carbons (Fsp3) is 0.0588. The Hall–Kier alpha value is -2.48. The molecule has 0 aliphatic heterocycles. The highest BCUT2D eigenvalue weighted by molar-refractivity contribution is 6.29. The first-order valence-corrected chi connectivity index (χ1v) is 6.20. The maximum Gasteiger partial charge on any atom is 0.189 e. The number of carbonyl (C=O) groups excluding carboxylic acids is 1. The number of aromatic nitrogens is 1. The van der Waals surface area contributed by atoms with Crippen LogP contribution in [-0.2, 0) is 4.79 Å². The first-order chi connectivity index (χ1) is 9.25. The van der Waals surface area contributed by atoms with Crippen molar-refractivity contribution >= 4 is 23.5 Å². The zero-order valence-electron chi connectivity index (χ0n) is 10.6. The van der Waals surface area contributed by atoms with Crippen LogP contribution >= 0.6 is 0 Å². The summed E-state index contributed by atoms with van der Waals surface area (Å²) in [5, 5.41) is 2.12. The molecule has 0 fully saturated rings. The van der Waals surface area contributed by atoms with E-state index in [4.69, 9.17) is 0 Å². The predicted octanol–water partition coefficient (Wildman–Crippen LogP) is 1.70. The predicted molar refractivity (Wildman–Crippen MR) is 76.5 cm³/mol. The van der Waals surface area contributed by atoms with E-state index in [9.17, 15) is 4.79 Å². The monoisotopic (exact) mass is 247 g/mol. The lowest BCUT2D eigenvalue weighted by Crippen LogP contribution is -2.32. The molecule has 1 heterocycles. The Morgan fingerprint density at radius 3 is 2.58 bits per heavy atom. The Morgan fingerprint density at radius 2 is 1.79 bits per heavy atom. The van der Waals surface area contributed by atoms with Gasteiger partial charge in [-0.05, 0) is 47.2 Å². The number of fused-ring (bicyclic) bond motifs is 1. The van der Waals surface area contributed by atoms with Crippen LogP contribution in [0.4, 0.5) is 0 Å². The van der Waals surface area contributed by atoms with Crippen molar-refractivity contribution in [2.75, 3.05) is 0 Å². The van der Waals surface area contributed by atoms with E-state index in [1.807, 2.05) is 55.5 Å². The zero-order valence-corrected chi connectivity index (χ0v) is 10.6. The summed E-state index contributed by atoms with van der Waals surface area (Å²) in [6, 6.07) is 11.8. The lowest BCUT2D eigenvalue weighted by molar-refractivity contribution is -0.110. The lowest BCUT2D eigenvalue weighted by atomic mass is 9.94. The molecule has 0 amide bonds. The Balaban J connectivity index is 2.20. The second kappa shape index (κ2) is 4.65. The summed E-state index contributed by atoms with van der Waals surface area (Å²) >= 11 is 0. The van der Waals surface area contributed by atoms with Crippen molar-refractivity contribution in [2.45, 2.75) is 6.92 Å². The molecular weight excluding hydrogens is 234 g/mol. The molecule has 0 N–H and O–H groups in total. The number of allylic oxidation sites excluding steroid dienone is 1. The van der Waals surface area contributed by atoms with E-state index in [0.717, 1.165) is 27.1 Å². The van der Waals surface area contributed by atoms with Crippen LogP contribution in [0.2, 0.25) is 0 Å². The van der Waals surface area contributed by atoms with Crippen LogP contribution in [0.5, 0.6) is 0 Å². The highest BCUT2D eigenvalue weighted by Gasteiger charge is 2.14. The van der Waals surface area contributed by atoms with Crippen molar-refractivity contribution < 1.29 is 4.79 Å². The fourth-order valence-corrected chi connectivity index (χ4v) is 2.28. The Labute approximate surface area is 111 Å². The van der Waals surface area contributed by atoms with Crippen molar-refractivity contribution in [1.82, 2.24) is 4.98 Å². The van der Waals surface area contributed by atoms with E-state index >= 15 is 0 Å². The van der Waals surface area contributed by atoms with Gasteiger partial charge in [-0.25, -0.2) is 0 Å². The van der Waals surface area contributed by atoms with Crippen LogP contribution in [0.3, 0.4) is 0 Å². The first-order valence-electron chi connectivity index (χ1n) is 6.20. The molecule has 2 nitrogen and oxygen atoms in total. The number of Topliss-reactive ketones (excluding diaryl/α,β-unsaturated/α-hetero) is 1. The van der Waals surface area contributed by atoms with Crippen LogP contribution in [0.25, 0.3) is 17.7 Å². The van der Waals surface area contributed by atoms with Gasteiger partial charge in [0.25, 0.3) is 0 Å². The molecule has 0 saturated carbocycles. The van der Waals surface area contributed by atoms with Gasteiger partial charge >= 0.3 is 0 Å². The SMILES string of the molecule is CC1=c2ccccc2=CC(=Cc2ccncc2)C1=O. The third kappa shape index (κ3) is 2.13. The Kier molecular flexibility index (Phi) is 2.84. The third-order valence-corrected chi connectivity index (χ3v) is 3.31. The van der Waals surface area contributed by atoms with E-state index < -0.39 is 0 Å². The summed E-state index contributed by atoms with van der Waals surface area (Å²) in [6.45, 7) is 1.88. The summed E-state index contributed by atoms with van der Waals surface area (Å²) < 4.78 is 0. The normalized spacial score (nSPS) is 16.2. The van der Waals surface area contributed by atoms with Gasteiger partial charge in [0.1, 0.15) is 0 Å². The summed E-state index contributed by atoms with van der Waals surface area (Å²) in [6.07, 6.45) is 7.31. The van der Waals surface area contributed by atoms with E-state index in [-0.39, 0.29) is 5.78 Å². The zero-order chi connectivity index (χ0) is 13.2. The molecule has 19 heavy (non-hydrogen) atoms. The molecule has 0 atom stereocenters. The number of nitrogens with zero attached hydrogens (tertiary/aromatic N) is 1. The van der Waals surface area contributed by atoms with E-state index in [1.165, 1.54) is 0 Å². The maximum absolute atomic E-state index is 12.3. The van der Waals surface area contributed by atoms with E-state index in [1.54, 1.807) is 12.4 Å². The van der Waals surface area contributed by atoms with Crippen molar-refractivity contribution in [3.63, 3.8) is 0 Å². The molecule has 0 spiro atoms. The summed E-state index contributed by atoms with van der Waals surface area (Å²) in [5.74, 6) is 0.0931. The van der Waals surface area contributed by atoms with Gasteiger partial charge in [-0.15, -0.1) is 0 Å². The van der Waals surface area contributed by atoms with Crippen LogP contribution in [0.1, 0.15) is 12.5 Å². The molecule has 92 valence electrons. The minimum absolute atomic E-state index is 0.0931. The number of rotatable bonds is 1. The highest BCUT2D eigenvalue weighted by atomic mass is 16.1. The average molecular weight is 247 g/mol. The van der Waals surface area contributed by atoms with Crippen LogP contribution in [0.15, 0.2) is 54.4 Å². The van der Waals surface area contributed by atoms with Crippen molar-refractivity contribution in [3.8, 4) is 0 Å². The number of ketones is 1. The van der Waals surface area contributed by atoms with Crippen LogP contribution < -0.4 is 10.4 Å². The summed E-state index contributed by atoms with van der Waals surface area (Å²) in [5.41, 5.74) is 2.52. The van der Waals surface area contributed by atoms with Crippen molar-refractivity contribution in [3.05, 3.63) is 70.4 Å². The molecule has 0 unspecified atom stereocenters. The Morgan fingerprint density at radius 1 is 1.05 bits per heavy atom. The molecule has 1 aliphatic rings. The van der Waals surface area contributed by atoms with Gasteiger partial charge in [0.15, 0.2) is 5.78 Å². The first kappa shape index (κ1) is 11.6. The smallest absolute Gasteiger partial charge is 0.189 e. The molecule has 0 saturated heterocycles. The van der Waals surface area contributed by atoms with Crippen LogP contribution in [0, 0.1) is 0 Å². The van der Waals surface area contributed by atoms with Gasteiger partial charge in [-0.2, -0.15) is 0 Å². The number of carbonyl (C=O) groups is 1. The molecule has 0 bridgehead atoms. The number of hydrogen-bond acceptors (Lipinski definition) is 2. The lowest BCUT2D eigenvalue weighted by Gasteiger charge is -2.09. The molecule has 2 heteroatoms. The van der Waals surface area contributed by atoms with Crippen molar-refractivity contribution in [2.24, 2.45) is 0 Å². The molecule has 2 aromatic rings. The second-order valence-corrected chi connectivity index (χ2v) is 4.57. The number of pyridine rings is 1. The van der Waals surface area contributed by atoms with Gasteiger partial charge in [-0.3, -0.25) is 9.78 Å². The summed E-state index contributed by atoms with van der Waals surface area (Å²) in [7, 11) is 0. The highest BCUT2D eigenvalue weighted by Crippen LogP contribution is 2.14. The van der Waals surface area contributed by atoms with E-state index in [0.29, 0.717) is 0 Å². The minimum Gasteiger partial charge on any atom is -0.289 e. The maximum atomic E-state index is 12.3. The third-order valence-electron chi connectivity index (χ3n) is 3.31. The topological polar surface area (TPSA) is 30.0 Å². The quantitative estimate of drug-likeness (QED) is 0.718. The number of benzene rings is 1. The summed E-state index contributed by atoms with van der Waals surface area (Å²) in [4.78, 5) is 16.3. The average Bonchev–Trinajstić information content (AvgIpc) is 2.46. The van der Waals surface area contributed by atoms with Crippen LogP contribution in [-0.4, -0.2) is 10.8 Å². The molecular formula is C17H13NO. The molecule has 1 aliphatic carbocycles. The van der Waals surface area contributed by atoms with Gasteiger partial charge in [0, 0.05) is 23.5 Å². The minimum atomic E-state index is 0.0931. The molecule has 1 aromatic carbocycles. The largest absolute Gasteiger partial charge is 0.289 e.